The molecule has 2 aromatic carbocycles. The topological polar surface area (TPSA) is 38.3 Å². The lowest BCUT2D eigenvalue weighted by molar-refractivity contribution is 0.0943. The fourth-order valence-electron chi connectivity index (χ4n) is 2.40. The smallest absolute Gasteiger partial charge is 0.252 e. The predicted octanol–water partition coefficient (Wildman–Crippen LogP) is 4.28. The molecule has 3 rings (SSSR count). The van der Waals surface area contributed by atoms with E-state index in [1.54, 1.807) is 30.6 Å². The molecule has 3 aromatic rings. The van der Waals surface area contributed by atoms with Gasteiger partial charge in [-0.25, -0.2) is 0 Å². The van der Waals surface area contributed by atoms with E-state index < -0.39 is 0 Å². The molecule has 0 spiro atoms. The summed E-state index contributed by atoms with van der Waals surface area (Å²) in [6.07, 6.45) is 0. The van der Waals surface area contributed by atoms with Crippen molar-refractivity contribution in [2.45, 2.75) is 6.04 Å². The van der Waals surface area contributed by atoms with Crippen LogP contribution in [-0.2, 0) is 0 Å². The summed E-state index contributed by atoms with van der Waals surface area (Å²) in [6.45, 7) is 0. The summed E-state index contributed by atoms with van der Waals surface area (Å²) in [7, 11) is 1.59. The number of ether oxygens (including phenoxy) is 1. The number of nitrogens with one attached hydrogen (secondary N) is 1. The first-order valence-corrected chi connectivity index (χ1v) is 8.19. The Morgan fingerprint density at radius 3 is 2.57 bits per heavy atom. The monoisotopic (exact) mass is 323 g/mol. The van der Waals surface area contributed by atoms with Crippen molar-refractivity contribution in [3.05, 3.63) is 88.1 Å². The number of carbonyl (C=O) groups excluding carboxylic acids is 1. The normalized spacial score (nSPS) is 11.7. The van der Waals surface area contributed by atoms with Crippen LogP contribution in [0.25, 0.3) is 0 Å². The molecule has 4 heteroatoms. The first-order chi connectivity index (χ1) is 11.3. The second-order valence-electron chi connectivity index (χ2n) is 5.06. The molecule has 116 valence electrons. The molecule has 0 saturated carbocycles. The predicted molar refractivity (Wildman–Crippen MR) is 93.1 cm³/mol. The van der Waals surface area contributed by atoms with Crippen LogP contribution in [0.4, 0.5) is 0 Å². The molecule has 1 amide bonds. The van der Waals surface area contributed by atoms with Crippen molar-refractivity contribution in [2.24, 2.45) is 0 Å². The van der Waals surface area contributed by atoms with Crippen molar-refractivity contribution < 1.29 is 9.53 Å². The van der Waals surface area contributed by atoms with Gasteiger partial charge in [-0.05, 0) is 35.2 Å². The zero-order valence-corrected chi connectivity index (χ0v) is 13.5. The van der Waals surface area contributed by atoms with Crippen LogP contribution in [-0.4, -0.2) is 13.0 Å². The van der Waals surface area contributed by atoms with Crippen molar-refractivity contribution >= 4 is 17.2 Å². The highest BCUT2D eigenvalue weighted by molar-refractivity contribution is 7.10. The largest absolute Gasteiger partial charge is 0.497 e. The molecule has 0 radical (unpaired) electrons. The van der Waals surface area contributed by atoms with Gasteiger partial charge < -0.3 is 10.1 Å². The van der Waals surface area contributed by atoms with Crippen molar-refractivity contribution in [2.75, 3.05) is 7.11 Å². The van der Waals surface area contributed by atoms with Gasteiger partial charge in [0.15, 0.2) is 0 Å². The Morgan fingerprint density at radius 2 is 1.87 bits per heavy atom. The van der Waals surface area contributed by atoms with Gasteiger partial charge in [0.05, 0.1) is 13.2 Å². The molecule has 1 atom stereocenters. The molecule has 1 aromatic heterocycles. The molecule has 0 saturated heterocycles. The van der Waals surface area contributed by atoms with E-state index in [1.807, 2.05) is 60.0 Å². The van der Waals surface area contributed by atoms with Gasteiger partial charge >= 0.3 is 0 Å². The maximum Gasteiger partial charge on any atom is 0.252 e. The third-order valence-electron chi connectivity index (χ3n) is 3.57. The average Bonchev–Trinajstić information content (AvgIpc) is 3.14. The van der Waals surface area contributed by atoms with Crippen LogP contribution in [0.5, 0.6) is 5.75 Å². The summed E-state index contributed by atoms with van der Waals surface area (Å²) in [5, 5.41) is 5.14. The summed E-state index contributed by atoms with van der Waals surface area (Å²) in [5.74, 6) is 0.552. The lowest BCUT2D eigenvalue weighted by atomic mass is 10.0. The summed E-state index contributed by atoms with van der Waals surface area (Å²) in [4.78, 5) is 13.7. The van der Waals surface area contributed by atoms with Gasteiger partial charge in [0.1, 0.15) is 5.75 Å². The average molecular weight is 323 g/mol. The molecule has 1 heterocycles. The van der Waals surface area contributed by atoms with Crippen LogP contribution < -0.4 is 10.1 Å². The van der Waals surface area contributed by atoms with E-state index in [9.17, 15) is 4.79 Å². The standard InChI is InChI=1S/C19H17NO2S/c1-22-16-10-5-9-15(13-16)19(21)20-18(17-11-6-12-23-17)14-7-3-2-4-8-14/h2-13,18H,1H3,(H,20,21)/t18-/m0/s1. The van der Waals surface area contributed by atoms with E-state index in [0.717, 1.165) is 10.4 Å². The Morgan fingerprint density at radius 1 is 1.04 bits per heavy atom. The number of carbonyl (C=O) groups is 1. The van der Waals surface area contributed by atoms with E-state index in [-0.39, 0.29) is 11.9 Å². The Kier molecular flexibility index (Phi) is 4.74. The van der Waals surface area contributed by atoms with Crippen molar-refractivity contribution in [3.8, 4) is 5.75 Å². The highest BCUT2D eigenvalue weighted by Crippen LogP contribution is 2.26. The fraction of sp³-hybridized carbons (Fsp3) is 0.105. The second-order valence-corrected chi connectivity index (χ2v) is 6.04. The number of rotatable bonds is 5. The number of hydrogen-bond donors (Lipinski definition) is 1. The SMILES string of the molecule is COc1cccc(C(=O)N[C@@H](c2ccccc2)c2cccs2)c1. The summed E-state index contributed by atoms with van der Waals surface area (Å²) in [6, 6.07) is 21.0. The maximum atomic E-state index is 12.6. The Labute approximate surface area is 139 Å². The van der Waals surface area contributed by atoms with Gasteiger partial charge in [0.25, 0.3) is 5.91 Å². The summed E-state index contributed by atoms with van der Waals surface area (Å²) >= 11 is 1.63. The third-order valence-corrected chi connectivity index (χ3v) is 4.51. The molecule has 0 unspecified atom stereocenters. The quantitative estimate of drug-likeness (QED) is 0.761. The van der Waals surface area contributed by atoms with E-state index >= 15 is 0 Å². The zero-order valence-electron chi connectivity index (χ0n) is 12.7. The van der Waals surface area contributed by atoms with Crippen LogP contribution >= 0.6 is 11.3 Å². The van der Waals surface area contributed by atoms with Crippen LogP contribution in [0.2, 0.25) is 0 Å². The van der Waals surface area contributed by atoms with Gasteiger partial charge in [-0.3, -0.25) is 4.79 Å². The molecule has 3 nitrogen and oxygen atoms in total. The molecule has 0 aliphatic carbocycles. The van der Waals surface area contributed by atoms with Gasteiger partial charge in [-0.15, -0.1) is 11.3 Å². The molecule has 0 bridgehead atoms. The van der Waals surface area contributed by atoms with E-state index in [0.29, 0.717) is 11.3 Å². The number of hydrogen-bond acceptors (Lipinski definition) is 3. The first-order valence-electron chi connectivity index (χ1n) is 7.31. The molecule has 1 N–H and O–H groups in total. The van der Waals surface area contributed by atoms with E-state index in [2.05, 4.69) is 5.32 Å². The highest BCUT2D eigenvalue weighted by atomic mass is 32.1. The Balaban J connectivity index is 1.88. The lowest BCUT2D eigenvalue weighted by Crippen LogP contribution is -2.28. The Hall–Kier alpha value is -2.59. The van der Waals surface area contributed by atoms with E-state index in [4.69, 9.17) is 4.74 Å². The van der Waals surface area contributed by atoms with Crippen molar-refractivity contribution in [1.29, 1.82) is 0 Å². The summed E-state index contributed by atoms with van der Waals surface area (Å²) < 4.78 is 5.19. The maximum absolute atomic E-state index is 12.6. The van der Waals surface area contributed by atoms with Crippen molar-refractivity contribution in [1.82, 2.24) is 5.32 Å². The summed E-state index contributed by atoms with van der Waals surface area (Å²) in [5.41, 5.74) is 1.65. The highest BCUT2D eigenvalue weighted by Gasteiger charge is 2.18. The fourth-order valence-corrected chi connectivity index (χ4v) is 3.20. The molecular formula is C19H17NO2S. The lowest BCUT2D eigenvalue weighted by Gasteiger charge is -2.18. The Bertz CT molecular complexity index is 769. The minimum atomic E-state index is -0.157. The number of benzene rings is 2. The van der Waals surface area contributed by atoms with Gasteiger partial charge in [0, 0.05) is 10.4 Å². The molecule has 0 fully saturated rings. The van der Waals surface area contributed by atoms with Crippen LogP contribution in [0.1, 0.15) is 26.8 Å². The number of thiophene rings is 1. The number of methoxy groups -OCH3 is 1. The van der Waals surface area contributed by atoms with Gasteiger partial charge in [0.2, 0.25) is 0 Å². The van der Waals surface area contributed by atoms with Crippen molar-refractivity contribution in [3.63, 3.8) is 0 Å². The van der Waals surface area contributed by atoms with Crippen LogP contribution in [0.15, 0.2) is 72.1 Å². The van der Waals surface area contributed by atoms with Crippen LogP contribution in [0, 0.1) is 0 Å². The van der Waals surface area contributed by atoms with Crippen LogP contribution in [0.3, 0.4) is 0 Å². The third kappa shape index (κ3) is 3.60. The van der Waals surface area contributed by atoms with E-state index in [1.165, 1.54) is 0 Å². The minimum Gasteiger partial charge on any atom is -0.497 e. The second kappa shape index (κ2) is 7.11. The van der Waals surface area contributed by atoms with Gasteiger partial charge in [-0.2, -0.15) is 0 Å². The molecule has 0 aliphatic rings. The van der Waals surface area contributed by atoms with Gasteiger partial charge in [-0.1, -0.05) is 42.5 Å². The molecule has 0 aliphatic heterocycles. The minimum absolute atomic E-state index is 0.119. The molecule has 23 heavy (non-hydrogen) atoms. The number of amides is 1. The first kappa shape index (κ1) is 15.3. The molecular weight excluding hydrogens is 306 g/mol. The zero-order chi connectivity index (χ0) is 16.1.